The van der Waals surface area contributed by atoms with Crippen LogP contribution in [0.3, 0.4) is 0 Å². The predicted octanol–water partition coefficient (Wildman–Crippen LogP) is 7.43. The molecule has 3 heterocycles. The van der Waals surface area contributed by atoms with E-state index in [0.717, 1.165) is 27.8 Å². The summed E-state index contributed by atoms with van der Waals surface area (Å²) in [5.74, 6) is -0.288. The summed E-state index contributed by atoms with van der Waals surface area (Å²) in [5, 5.41) is 3.10. The van der Waals surface area contributed by atoms with Gasteiger partial charge in [-0.25, -0.2) is 0 Å². The van der Waals surface area contributed by atoms with Gasteiger partial charge in [-0.05, 0) is 29.2 Å². The molecular formula is C49H53NO10. The van der Waals surface area contributed by atoms with E-state index in [1.165, 1.54) is 6.92 Å². The SMILES string of the molecule is CC(=O)N[C@@H]1[C@@H](OCc2ccccc2)O[C@H]2CO[C@H](c3ccccc3)O[C@H]2[C@H]1O[C@@H]1O[C@H](C)[C@@H](OCc2ccccc2)[C@H](OCc2ccccc2)[C@@H]1OCc1ccccc1. The number of ether oxygens (including phenoxy) is 9. The predicted molar refractivity (Wildman–Crippen MR) is 222 cm³/mol. The average molecular weight is 816 g/mol. The van der Waals surface area contributed by atoms with E-state index in [1.807, 2.05) is 159 Å². The van der Waals surface area contributed by atoms with Gasteiger partial charge in [-0.2, -0.15) is 0 Å². The van der Waals surface area contributed by atoms with Crippen LogP contribution in [-0.4, -0.2) is 73.9 Å². The lowest BCUT2D eigenvalue weighted by atomic mass is 9.94. The van der Waals surface area contributed by atoms with Gasteiger partial charge in [0, 0.05) is 12.5 Å². The highest BCUT2D eigenvalue weighted by molar-refractivity contribution is 5.73. The Morgan fingerprint density at radius 1 is 0.550 bits per heavy atom. The van der Waals surface area contributed by atoms with E-state index in [1.54, 1.807) is 0 Å². The van der Waals surface area contributed by atoms with E-state index in [-0.39, 0.29) is 25.7 Å². The molecule has 0 aliphatic carbocycles. The summed E-state index contributed by atoms with van der Waals surface area (Å²) < 4.78 is 60.6. The summed E-state index contributed by atoms with van der Waals surface area (Å²) in [5.41, 5.74) is 4.77. The van der Waals surface area contributed by atoms with Crippen LogP contribution in [0.5, 0.6) is 0 Å². The minimum absolute atomic E-state index is 0.191. The van der Waals surface area contributed by atoms with E-state index < -0.39 is 67.6 Å². The van der Waals surface area contributed by atoms with Gasteiger partial charge < -0.3 is 47.9 Å². The Hall–Kier alpha value is -4.79. The van der Waals surface area contributed by atoms with Gasteiger partial charge in [0.2, 0.25) is 5.91 Å². The fourth-order valence-electron chi connectivity index (χ4n) is 7.93. The van der Waals surface area contributed by atoms with Gasteiger partial charge in [0.1, 0.15) is 42.7 Å². The zero-order chi connectivity index (χ0) is 41.1. The largest absolute Gasteiger partial charge is 0.368 e. The minimum atomic E-state index is -1.02. The van der Waals surface area contributed by atoms with Crippen LogP contribution >= 0.6 is 0 Å². The topological polar surface area (TPSA) is 112 Å². The maximum absolute atomic E-state index is 13.1. The zero-order valence-electron chi connectivity index (χ0n) is 33.9. The molecular weight excluding hydrogens is 763 g/mol. The van der Waals surface area contributed by atoms with Crippen LogP contribution in [0.4, 0.5) is 0 Å². The Bertz CT molecular complexity index is 2030. The maximum atomic E-state index is 13.1. The average Bonchev–Trinajstić information content (AvgIpc) is 3.29. The van der Waals surface area contributed by atoms with Crippen molar-refractivity contribution in [2.75, 3.05) is 6.61 Å². The third kappa shape index (κ3) is 10.7. The monoisotopic (exact) mass is 815 g/mol. The molecule has 0 aromatic heterocycles. The lowest BCUT2D eigenvalue weighted by Crippen LogP contribution is -2.69. The van der Waals surface area contributed by atoms with Crippen LogP contribution in [0.25, 0.3) is 0 Å². The first-order valence-electron chi connectivity index (χ1n) is 20.7. The Morgan fingerprint density at radius 2 is 1.02 bits per heavy atom. The molecule has 1 amide bonds. The normalized spacial score (nSPS) is 29.0. The van der Waals surface area contributed by atoms with Gasteiger partial charge in [0.25, 0.3) is 0 Å². The molecule has 1 N–H and O–H groups in total. The number of benzene rings is 5. The first kappa shape index (κ1) is 41.9. The summed E-state index contributed by atoms with van der Waals surface area (Å²) in [6.45, 7) is 4.72. The number of rotatable bonds is 16. The van der Waals surface area contributed by atoms with Crippen molar-refractivity contribution >= 4 is 5.91 Å². The van der Waals surface area contributed by atoms with E-state index in [0.29, 0.717) is 13.2 Å². The van der Waals surface area contributed by atoms with Crippen LogP contribution in [0.2, 0.25) is 0 Å². The van der Waals surface area contributed by atoms with Gasteiger partial charge in [0.15, 0.2) is 18.9 Å². The second kappa shape index (κ2) is 20.7. The van der Waals surface area contributed by atoms with Gasteiger partial charge in [0.05, 0.1) is 39.1 Å². The molecule has 5 aromatic rings. The number of carbonyl (C=O) groups is 1. The molecule has 5 aromatic carbocycles. The molecule has 60 heavy (non-hydrogen) atoms. The molecule has 3 fully saturated rings. The van der Waals surface area contributed by atoms with Crippen molar-refractivity contribution in [3.8, 4) is 0 Å². The number of hydrogen-bond acceptors (Lipinski definition) is 10. The lowest BCUT2D eigenvalue weighted by molar-refractivity contribution is -0.383. The molecule has 8 rings (SSSR count). The van der Waals surface area contributed by atoms with E-state index in [9.17, 15) is 4.79 Å². The molecule has 0 unspecified atom stereocenters. The standard InChI is InChI=1S/C49H53NO10/c1-33-42(52-28-35-18-8-3-9-19-35)45(53-29-36-20-10-4-11-21-36)46(54-30-37-22-12-5-13-23-37)49(57-33)60-44-41(50-34(2)51)48(55-31-38-24-14-6-15-25-38)58-40-32-56-47(59-43(40)44)39-26-16-7-17-27-39/h3-27,33,40-49H,28-32H2,1-2H3,(H,50,51)/t33-,40+,41+,42-,43-,44+,45+,46+,47+,48+,49+/m1/s1. The summed E-state index contributed by atoms with van der Waals surface area (Å²) in [6.07, 6.45) is -7.38. The molecule has 0 bridgehead atoms. The van der Waals surface area contributed by atoms with Gasteiger partial charge in [-0.3, -0.25) is 4.79 Å². The minimum Gasteiger partial charge on any atom is -0.368 e. The maximum Gasteiger partial charge on any atom is 0.217 e. The summed E-state index contributed by atoms with van der Waals surface area (Å²) >= 11 is 0. The smallest absolute Gasteiger partial charge is 0.217 e. The third-order valence-electron chi connectivity index (χ3n) is 10.9. The van der Waals surface area contributed by atoms with E-state index in [2.05, 4.69) is 5.32 Å². The highest BCUT2D eigenvalue weighted by atomic mass is 16.8. The molecule has 0 radical (unpaired) electrons. The fraction of sp³-hybridized carbons (Fsp3) is 0.367. The molecule has 11 nitrogen and oxygen atoms in total. The first-order chi connectivity index (χ1) is 29.5. The first-order valence-corrected chi connectivity index (χ1v) is 20.7. The highest BCUT2D eigenvalue weighted by Crippen LogP contribution is 2.39. The number of fused-ring (bicyclic) bond motifs is 1. The number of nitrogens with one attached hydrogen (secondary N) is 1. The van der Waals surface area contributed by atoms with Crippen LogP contribution < -0.4 is 5.32 Å². The molecule has 0 saturated carbocycles. The molecule has 3 aliphatic rings. The zero-order valence-corrected chi connectivity index (χ0v) is 33.9. The Labute approximate surface area is 351 Å². The van der Waals surface area contributed by atoms with Crippen molar-refractivity contribution < 1.29 is 47.4 Å². The lowest BCUT2D eigenvalue weighted by Gasteiger charge is -2.52. The molecule has 11 heteroatoms. The molecule has 314 valence electrons. The highest BCUT2D eigenvalue weighted by Gasteiger charge is 2.55. The van der Waals surface area contributed by atoms with Crippen molar-refractivity contribution in [3.63, 3.8) is 0 Å². The van der Waals surface area contributed by atoms with Gasteiger partial charge >= 0.3 is 0 Å². The third-order valence-corrected chi connectivity index (χ3v) is 10.9. The molecule has 0 spiro atoms. The summed E-state index contributed by atoms with van der Waals surface area (Å²) in [4.78, 5) is 13.1. The number of carbonyl (C=O) groups excluding carboxylic acids is 1. The van der Waals surface area contributed by atoms with Gasteiger partial charge in [-0.1, -0.05) is 152 Å². The number of hydrogen-bond donors (Lipinski definition) is 1. The van der Waals surface area contributed by atoms with E-state index >= 15 is 0 Å². The van der Waals surface area contributed by atoms with Crippen LogP contribution in [0.1, 0.15) is 48.0 Å². The summed E-state index contributed by atoms with van der Waals surface area (Å²) in [7, 11) is 0. The van der Waals surface area contributed by atoms with Crippen LogP contribution in [0.15, 0.2) is 152 Å². The van der Waals surface area contributed by atoms with Crippen molar-refractivity contribution in [1.29, 1.82) is 0 Å². The van der Waals surface area contributed by atoms with E-state index in [4.69, 9.17) is 42.6 Å². The fourth-order valence-corrected chi connectivity index (χ4v) is 7.93. The van der Waals surface area contributed by atoms with Crippen molar-refractivity contribution in [1.82, 2.24) is 5.32 Å². The molecule has 3 saturated heterocycles. The molecule has 11 atom stereocenters. The van der Waals surface area contributed by atoms with Crippen LogP contribution in [0, 0.1) is 0 Å². The molecule has 3 aliphatic heterocycles. The second-order valence-corrected chi connectivity index (χ2v) is 15.3. The second-order valence-electron chi connectivity index (χ2n) is 15.3. The summed E-state index contributed by atoms with van der Waals surface area (Å²) in [6, 6.07) is 48.6. The Morgan fingerprint density at radius 3 is 1.53 bits per heavy atom. The van der Waals surface area contributed by atoms with Gasteiger partial charge in [-0.15, -0.1) is 0 Å². The van der Waals surface area contributed by atoms with Crippen molar-refractivity contribution in [2.24, 2.45) is 0 Å². The quantitative estimate of drug-likeness (QED) is 0.108. The number of amides is 1. The Kier molecular flexibility index (Phi) is 14.4. The van der Waals surface area contributed by atoms with Crippen LogP contribution in [-0.2, 0) is 73.9 Å². The van der Waals surface area contributed by atoms with Crippen molar-refractivity contribution in [3.05, 3.63) is 179 Å². The van der Waals surface area contributed by atoms with Crippen molar-refractivity contribution in [2.45, 2.75) is 108 Å². The Balaban J connectivity index is 1.14.